The van der Waals surface area contributed by atoms with Gasteiger partial charge in [-0.25, -0.2) is 4.98 Å². The summed E-state index contributed by atoms with van der Waals surface area (Å²) in [4.78, 5) is 23.0. The largest absolute Gasteiger partial charge is 0.327 e. The molecule has 0 saturated carbocycles. The summed E-state index contributed by atoms with van der Waals surface area (Å²) < 4.78 is 0. The van der Waals surface area contributed by atoms with E-state index in [0.717, 1.165) is 32.7 Å². The van der Waals surface area contributed by atoms with Crippen LogP contribution in [0.1, 0.15) is 16.1 Å². The fraction of sp³-hybridized carbons (Fsp3) is 0.312. The molecule has 0 spiro atoms. The Bertz CT molecular complexity index is 580. The fourth-order valence-electron chi connectivity index (χ4n) is 2.68. The zero-order chi connectivity index (χ0) is 14.5. The zero-order valence-electron chi connectivity index (χ0n) is 12.0. The van der Waals surface area contributed by atoms with Gasteiger partial charge in [-0.05, 0) is 18.2 Å². The third kappa shape index (κ3) is 3.44. The molecule has 0 bridgehead atoms. The van der Waals surface area contributed by atoms with Gasteiger partial charge in [0.2, 0.25) is 5.69 Å². The van der Waals surface area contributed by atoms with Gasteiger partial charge in [0.15, 0.2) is 12.7 Å². The molecule has 0 atom stereocenters. The number of H-pyrrole nitrogens is 1. The van der Waals surface area contributed by atoms with Crippen LogP contribution in [0.25, 0.3) is 0 Å². The van der Waals surface area contributed by atoms with E-state index in [2.05, 4.69) is 16.0 Å². The Morgan fingerprint density at radius 2 is 2.10 bits per heavy atom. The van der Waals surface area contributed by atoms with Crippen molar-refractivity contribution in [3.05, 3.63) is 60.2 Å². The number of aromatic amines is 1. The van der Waals surface area contributed by atoms with Gasteiger partial charge in [0, 0.05) is 24.5 Å². The first-order chi connectivity index (χ1) is 10.3. The first-order valence-corrected chi connectivity index (χ1v) is 7.31. The van der Waals surface area contributed by atoms with E-state index in [0.29, 0.717) is 5.56 Å². The minimum absolute atomic E-state index is 0.0911. The van der Waals surface area contributed by atoms with Crippen molar-refractivity contribution in [2.75, 3.05) is 26.2 Å². The number of quaternary nitrogens is 1. The monoisotopic (exact) mass is 284 g/mol. The third-order valence-corrected chi connectivity index (χ3v) is 3.88. The molecule has 1 aliphatic heterocycles. The Morgan fingerprint density at radius 3 is 2.76 bits per heavy atom. The molecule has 1 fully saturated rings. The highest BCUT2D eigenvalue weighted by molar-refractivity contribution is 5.93. The number of carbonyl (C=O) groups excluding carboxylic acids is 1. The molecule has 2 aromatic heterocycles. The minimum Gasteiger partial charge on any atom is -0.327 e. The molecular weight excluding hydrogens is 264 g/mol. The van der Waals surface area contributed by atoms with E-state index in [1.165, 1.54) is 10.6 Å². The highest BCUT2D eigenvalue weighted by Crippen LogP contribution is 2.03. The molecule has 21 heavy (non-hydrogen) atoms. The standard InChI is InChI=1S/C16H18N4O/c21-16(14-4-3-6-17-12-14)20-10-8-19(9-11-20)13-15-5-1-2-7-18-15/h1-7,12H,8-11,13H2/p+2. The Balaban J connectivity index is 1.54. The van der Waals surface area contributed by atoms with Gasteiger partial charge in [0.1, 0.15) is 0 Å². The predicted molar refractivity (Wildman–Crippen MR) is 77.5 cm³/mol. The molecule has 0 unspecified atom stereocenters. The first-order valence-electron chi connectivity index (χ1n) is 7.31. The van der Waals surface area contributed by atoms with E-state index in [4.69, 9.17) is 0 Å². The van der Waals surface area contributed by atoms with E-state index in [9.17, 15) is 4.79 Å². The number of hydrogen-bond acceptors (Lipinski definition) is 2. The normalized spacial score (nSPS) is 15.9. The Kier molecular flexibility index (Phi) is 4.21. The molecule has 108 valence electrons. The highest BCUT2D eigenvalue weighted by atomic mass is 16.2. The molecule has 3 heterocycles. The number of hydrogen-bond donors (Lipinski definition) is 1. The van der Waals surface area contributed by atoms with Gasteiger partial charge >= 0.3 is 0 Å². The summed E-state index contributed by atoms with van der Waals surface area (Å²) in [6, 6.07) is 9.78. The summed E-state index contributed by atoms with van der Waals surface area (Å²) in [5.74, 6) is 0.0911. The molecule has 1 saturated heterocycles. The minimum atomic E-state index is 0.0911. The van der Waals surface area contributed by atoms with Crippen LogP contribution >= 0.6 is 0 Å². The molecule has 0 aliphatic carbocycles. The maximum Gasteiger partial charge on any atom is 0.255 e. The van der Waals surface area contributed by atoms with Crippen molar-refractivity contribution in [3.8, 4) is 0 Å². The second-order valence-electron chi connectivity index (χ2n) is 5.35. The SMILES string of the molecule is O=C(c1cccnc1)N1CC[NH+](Cc2cccc[nH+]2)CC1. The van der Waals surface area contributed by atoms with Gasteiger partial charge in [-0.3, -0.25) is 9.78 Å². The maximum absolute atomic E-state index is 12.3. The van der Waals surface area contributed by atoms with Crippen molar-refractivity contribution < 1.29 is 14.7 Å². The predicted octanol–water partition coefficient (Wildman–Crippen LogP) is -0.563. The number of aromatic nitrogens is 2. The molecule has 0 aromatic carbocycles. The van der Waals surface area contributed by atoms with Crippen molar-refractivity contribution in [1.29, 1.82) is 0 Å². The van der Waals surface area contributed by atoms with Crippen LogP contribution in [0.3, 0.4) is 0 Å². The molecule has 1 aliphatic rings. The van der Waals surface area contributed by atoms with Crippen LogP contribution in [0, 0.1) is 0 Å². The molecule has 1 amide bonds. The maximum atomic E-state index is 12.3. The van der Waals surface area contributed by atoms with Crippen molar-refractivity contribution in [3.63, 3.8) is 0 Å². The Morgan fingerprint density at radius 1 is 1.24 bits per heavy atom. The molecule has 5 nitrogen and oxygen atoms in total. The van der Waals surface area contributed by atoms with Gasteiger partial charge < -0.3 is 9.80 Å². The van der Waals surface area contributed by atoms with Crippen LogP contribution < -0.4 is 9.88 Å². The quantitative estimate of drug-likeness (QED) is 0.821. The number of carbonyl (C=O) groups is 1. The number of pyridine rings is 2. The Hall–Kier alpha value is -2.27. The lowest BCUT2D eigenvalue weighted by Crippen LogP contribution is -3.13. The number of rotatable bonds is 3. The van der Waals surface area contributed by atoms with Gasteiger partial charge in [-0.15, -0.1) is 0 Å². The van der Waals surface area contributed by atoms with E-state index in [1.54, 1.807) is 18.5 Å². The third-order valence-electron chi connectivity index (χ3n) is 3.88. The highest BCUT2D eigenvalue weighted by Gasteiger charge is 2.25. The van der Waals surface area contributed by atoms with Gasteiger partial charge in [0.05, 0.1) is 31.7 Å². The van der Waals surface area contributed by atoms with Crippen LogP contribution in [-0.4, -0.2) is 42.0 Å². The van der Waals surface area contributed by atoms with E-state index in [-0.39, 0.29) is 5.91 Å². The molecule has 2 N–H and O–H groups in total. The summed E-state index contributed by atoms with van der Waals surface area (Å²) in [7, 11) is 0. The zero-order valence-corrected chi connectivity index (χ0v) is 12.0. The molecule has 3 rings (SSSR count). The topological polar surface area (TPSA) is 51.8 Å². The summed E-state index contributed by atoms with van der Waals surface area (Å²) in [6.45, 7) is 4.55. The van der Waals surface area contributed by atoms with Crippen molar-refractivity contribution in [2.24, 2.45) is 0 Å². The number of nitrogens with zero attached hydrogens (tertiary/aromatic N) is 2. The lowest BCUT2D eigenvalue weighted by Gasteiger charge is -2.31. The Labute approximate surface area is 124 Å². The molecule has 0 radical (unpaired) electrons. The van der Waals surface area contributed by atoms with Crippen LogP contribution in [0.5, 0.6) is 0 Å². The van der Waals surface area contributed by atoms with Crippen LogP contribution in [0.2, 0.25) is 0 Å². The van der Waals surface area contributed by atoms with Crippen LogP contribution in [-0.2, 0) is 6.54 Å². The summed E-state index contributed by atoms with van der Waals surface area (Å²) >= 11 is 0. The number of amides is 1. The van der Waals surface area contributed by atoms with Gasteiger partial charge in [-0.2, -0.15) is 0 Å². The van der Waals surface area contributed by atoms with Gasteiger partial charge in [0.25, 0.3) is 5.91 Å². The first kappa shape index (κ1) is 13.7. The van der Waals surface area contributed by atoms with Crippen molar-refractivity contribution in [2.45, 2.75) is 6.54 Å². The van der Waals surface area contributed by atoms with Crippen LogP contribution in [0.4, 0.5) is 0 Å². The average molecular weight is 284 g/mol. The summed E-state index contributed by atoms with van der Waals surface area (Å²) in [6.07, 6.45) is 5.28. The second-order valence-corrected chi connectivity index (χ2v) is 5.35. The molecule has 2 aromatic rings. The van der Waals surface area contributed by atoms with Crippen molar-refractivity contribution >= 4 is 5.91 Å². The summed E-state index contributed by atoms with van der Waals surface area (Å²) in [5.41, 5.74) is 1.91. The fourth-order valence-corrected chi connectivity index (χ4v) is 2.68. The lowest BCUT2D eigenvalue weighted by atomic mass is 10.2. The van der Waals surface area contributed by atoms with E-state index < -0.39 is 0 Å². The van der Waals surface area contributed by atoms with E-state index >= 15 is 0 Å². The van der Waals surface area contributed by atoms with Crippen LogP contribution in [0.15, 0.2) is 48.9 Å². The van der Waals surface area contributed by atoms with Gasteiger partial charge in [-0.1, -0.05) is 0 Å². The average Bonchev–Trinajstić information content (AvgIpc) is 2.57. The van der Waals surface area contributed by atoms with E-state index in [1.807, 2.05) is 29.3 Å². The number of piperazine rings is 1. The molecule has 5 heteroatoms. The second kappa shape index (κ2) is 6.45. The summed E-state index contributed by atoms with van der Waals surface area (Å²) in [5, 5.41) is 0. The molecular formula is C16H20N4O+2. The number of nitrogens with one attached hydrogen (secondary N) is 2. The lowest BCUT2D eigenvalue weighted by molar-refractivity contribution is -0.921. The van der Waals surface area contributed by atoms with Crippen molar-refractivity contribution in [1.82, 2.24) is 9.88 Å². The smallest absolute Gasteiger partial charge is 0.255 e.